The van der Waals surface area contributed by atoms with Crippen molar-refractivity contribution in [3.05, 3.63) is 47.5 Å². The summed E-state index contributed by atoms with van der Waals surface area (Å²) in [5, 5.41) is 9.06. The van der Waals surface area contributed by atoms with E-state index >= 15 is 0 Å². The molecule has 0 fully saturated rings. The van der Waals surface area contributed by atoms with Crippen molar-refractivity contribution in [2.24, 2.45) is 7.05 Å². The molecule has 0 radical (unpaired) electrons. The van der Waals surface area contributed by atoms with Gasteiger partial charge in [0.25, 0.3) is 0 Å². The summed E-state index contributed by atoms with van der Waals surface area (Å²) >= 11 is 1.61. The Labute approximate surface area is 110 Å². The Morgan fingerprint density at radius 3 is 2.89 bits per heavy atom. The van der Waals surface area contributed by atoms with E-state index in [4.69, 9.17) is 5.11 Å². The number of rotatable bonds is 4. The van der Waals surface area contributed by atoms with Crippen molar-refractivity contribution in [3.8, 4) is 0 Å². The number of benzene rings is 1. The van der Waals surface area contributed by atoms with Crippen molar-refractivity contribution in [1.29, 1.82) is 0 Å². The molecule has 18 heavy (non-hydrogen) atoms. The number of imidazole rings is 1. The number of hydrogen-bond donors (Lipinski definition) is 1. The van der Waals surface area contributed by atoms with E-state index in [0.29, 0.717) is 5.56 Å². The van der Waals surface area contributed by atoms with Crippen LogP contribution in [-0.4, -0.2) is 20.6 Å². The molecule has 0 aliphatic heterocycles. The van der Waals surface area contributed by atoms with Crippen LogP contribution in [0.4, 0.5) is 0 Å². The van der Waals surface area contributed by atoms with Crippen LogP contribution in [-0.2, 0) is 12.8 Å². The van der Waals surface area contributed by atoms with E-state index in [0.717, 1.165) is 21.9 Å². The highest BCUT2D eigenvalue weighted by atomic mass is 32.2. The zero-order valence-corrected chi connectivity index (χ0v) is 11.1. The highest BCUT2D eigenvalue weighted by Gasteiger charge is 2.08. The van der Waals surface area contributed by atoms with Crippen molar-refractivity contribution in [2.75, 3.05) is 0 Å². The van der Waals surface area contributed by atoms with Gasteiger partial charge in [-0.3, -0.25) is 0 Å². The molecule has 1 heterocycles. The molecule has 0 saturated carbocycles. The number of nitrogens with zero attached hydrogens (tertiary/aromatic N) is 2. The lowest BCUT2D eigenvalue weighted by Gasteiger charge is -2.06. The first-order valence-corrected chi connectivity index (χ1v) is 6.48. The SMILES string of the molecule is Cc1ccc(SCc2cncn2C)cc1C(=O)O. The number of thioether (sulfide) groups is 1. The summed E-state index contributed by atoms with van der Waals surface area (Å²) in [4.78, 5) is 16.0. The predicted octanol–water partition coefficient (Wildman–Crippen LogP) is 2.72. The fourth-order valence-electron chi connectivity index (χ4n) is 1.60. The van der Waals surface area contributed by atoms with Gasteiger partial charge in [0.1, 0.15) is 0 Å². The molecule has 5 heteroatoms. The van der Waals surface area contributed by atoms with Gasteiger partial charge in [-0.25, -0.2) is 9.78 Å². The van der Waals surface area contributed by atoms with E-state index in [9.17, 15) is 4.79 Å². The predicted molar refractivity (Wildman–Crippen MR) is 70.9 cm³/mol. The van der Waals surface area contributed by atoms with Gasteiger partial charge in [-0.15, -0.1) is 11.8 Å². The lowest BCUT2D eigenvalue weighted by atomic mass is 10.1. The summed E-state index contributed by atoms with van der Waals surface area (Å²) in [5.74, 6) is -0.103. The molecule has 2 rings (SSSR count). The zero-order chi connectivity index (χ0) is 13.1. The highest BCUT2D eigenvalue weighted by Crippen LogP contribution is 2.24. The number of hydrogen-bond acceptors (Lipinski definition) is 3. The molecule has 94 valence electrons. The average molecular weight is 262 g/mol. The van der Waals surface area contributed by atoms with Crippen LogP contribution in [0.2, 0.25) is 0 Å². The second kappa shape index (κ2) is 5.27. The van der Waals surface area contributed by atoms with E-state index < -0.39 is 5.97 Å². The number of carboxylic acids is 1. The molecule has 0 aliphatic rings. The van der Waals surface area contributed by atoms with Crippen LogP contribution in [0.25, 0.3) is 0 Å². The maximum atomic E-state index is 11.0. The number of carbonyl (C=O) groups is 1. The third kappa shape index (κ3) is 2.73. The normalized spacial score (nSPS) is 10.6. The minimum atomic E-state index is -0.879. The third-order valence-corrected chi connectivity index (χ3v) is 3.77. The van der Waals surface area contributed by atoms with E-state index in [2.05, 4.69) is 4.98 Å². The van der Waals surface area contributed by atoms with Gasteiger partial charge in [0.15, 0.2) is 0 Å². The van der Waals surface area contributed by atoms with Crippen LogP contribution in [0.3, 0.4) is 0 Å². The van der Waals surface area contributed by atoms with Gasteiger partial charge >= 0.3 is 5.97 Å². The van der Waals surface area contributed by atoms with Gasteiger partial charge in [0.2, 0.25) is 0 Å². The molecule has 0 aliphatic carbocycles. The molecule has 1 aromatic carbocycles. The lowest BCUT2D eigenvalue weighted by Crippen LogP contribution is -1.99. The molecule has 0 spiro atoms. The Morgan fingerprint density at radius 1 is 1.50 bits per heavy atom. The van der Waals surface area contributed by atoms with E-state index in [1.165, 1.54) is 0 Å². The molecule has 0 bridgehead atoms. The third-order valence-electron chi connectivity index (χ3n) is 2.74. The quantitative estimate of drug-likeness (QED) is 0.861. The smallest absolute Gasteiger partial charge is 0.335 e. The number of aryl methyl sites for hydroxylation is 2. The molecule has 0 unspecified atom stereocenters. The van der Waals surface area contributed by atoms with Crippen molar-refractivity contribution < 1.29 is 9.90 Å². The van der Waals surface area contributed by atoms with Gasteiger partial charge in [0, 0.05) is 29.6 Å². The lowest BCUT2D eigenvalue weighted by molar-refractivity contribution is 0.0696. The number of carboxylic acid groups (broad SMARTS) is 1. The molecular weight excluding hydrogens is 248 g/mol. The molecule has 0 saturated heterocycles. The molecule has 1 aromatic heterocycles. The maximum absolute atomic E-state index is 11.0. The van der Waals surface area contributed by atoms with E-state index in [1.807, 2.05) is 29.9 Å². The average Bonchev–Trinajstić information content (AvgIpc) is 2.73. The first-order chi connectivity index (χ1) is 8.58. The molecule has 0 amide bonds. The van der Waals surface area contributed by atoms with Gasteiger partial charge in [-0.2, -0.15) is 0 Å². The Hall–Kier alpha value is -1.75. The fraction of sp³-hybridized carbons (Fsp3) is 0.231. The maximum Gasteiger partial charge on any atom is 0.335 e. The summed E-state index contributed by atoms with van der Waals surface area (Å²) in [6.07, 6.45) is 3.58. The molecule has 1 N–H and O–H groups in total. The summed E-state index contributed by atoms with van der Waals surface area (Å²) in [6.45, 7) is 1.80. The van der Waals surface area contributed by atoms with E-state index in [1.54, 1.807) is 31.1 Å². The monoisotopic (exact) mass is 262 g/mol. The first-order valence-electron chi connectivity index (χ1n) is 5.50. The second-order valence-corrected chi connectivity index (χ2v) is 5.12. The summed E-state index contributed by atoms with van der Waals surface area (Å²) in [5.41, 5.74) is 2.26. The summed E-state index contributed by atoms with van der Waals surface area (Å²) in [7, 11) is 1.95. The Balaban J connectivity index is 2.13. The van der Waals surface area contributed by atoms with Crippen molar-refractivity contribution in [3.63, 3.8) is 0 Å². The Bertz CT molecular complexity index is 578. The largest absolute Gasteiger partial charge is 0.478 e. The highest BCUT2D eigenvalue weighted by molar-refractivity contribution is 7.98. The van der Waals surface area contributed by atoms with Gasteiger partial charge in [-0.1, -0.05) is 6.07 Å². The minimum Gasteiger partial charge on any atom is -0.478 e. The molecule has 0 atom stereocenters. The Kier molecular flexibility index (Phi) is 3.72. The standard InChI is InChI=1S/C13H14N2O2S/c1-9-3-4-11(5-12(9)13(16)17)18-7-10-6-14-8-15(10)2/h3-6,8H,7H2,1-2H3,(H,16,17). The fourth-order valence-corrected chi connectivity index (χ4v) is 2.56. The zero-order valence-electron chi connectivity index (χ0n) is 10.3. The summed E-state index contributed by atoms with van der Waals surface area (Å²) < 4.78 is 1.96. The van der Waals surface area contributed by atoms with Crippen LogP contribution < -0.4 is 0 Å². The van der Waals surface area contributed by atoms with Gasteiger partial charge in [-0.05, 0) is 24.6 Å². The van der Waals surface area contributed by atoms with E-state index in [-0.39, 0.29) is 0 Å². The first kappa shape index (κ1) is 12.7. The van der Waals surface area contributed by atoms with Crippen LogP contribution in [0, 0.1) is 6.92 Å². The minimum absolute atomic E-state index is 0.366. The molecule has 2 aromatic rings. The Morgan fingerprint density at radius 2 is 2.28 bits per heavy atom. The van der Waals surface area contributed by atoms with Crippen molar-refractivity contribution in [2.45, 2.75) is 17.6 Å². The van der Waals surface area contributed by atoms with Crippen LogP contribution in [0.1, 0.15) is 21.6 Å². The van der Waals surface area contributed by atoms with Crippen LogP contribution in [0.5, 0.6) is 0 Å². The van der Waals surface area contributed by atoms with Crippen molar-refractivity contribution >= 4 is 17.7 Å². The number of aromatic carboxylic acids is 1. The van der Waals surface area contributed by atoms with Crippen LogP contribution >= 0.6 is 11.8 Å². The van der Waals surface area contributed by atoms with Crippen molar-refractivity contribution in [1.82, 2.24) is 9.55 Å². The van der Waals surface area contributed by atoms with Crippen LogP contribution in [0.15, 0.2) is 35.6 Å². The topological polar surface area (TPSA) is 55.1 Å². The second-order valence-electron chi connectivity index (χ2n) is 4.07. The van der Waals surface area contributed by atoms with Gasteiger partial charge < -0.3 is 9.67 Å². The summed E-state index contributed by atoms with van der Waals surface area (Å²) in [6, 6.07) is 5.51. The number of aromatic nitrogens is 2. The van der Waals surface area contributed by atoms with Gasteiger partial charge in [0.05, 0.1) is 11.9 Å². The molecular formula is C13H14N2O2S. The molecule has 4 nitrogen and oxygen atoms in total.